The quantitative estimate of drug-likeness (QED) is 0.358. The number of benzene rings is 2. The fourth-order valence-corrected chi connectivity index (χ4v) is 4.50. The maximum atomic E-state index is 12.4. The van der Waals surface area contributed by atoms with Gasteiger partial charge in [-0.15, -0.1) is 0 Å². The molecule has 32 heavy (non-hydrogen) atoms. The molecule has 0 bridgehead atoms. The van der Waals surface area contributed by atoms with Gasteiger partial charge in [0, 0.05) is 32.1 Å². The van der Waals surface area contributed by atoms with Gasteiger partial charge in [-0.25, -0.2) is 13.8 Å². The second-order valence-corrected chi connectivity index (χ2v) is 10.4. The molecule has 0 unspecified atom stereocenters. The number of hydrogen-bond donors (Lipinski definition) is 1. The monoisotopic (exact) mass is 536 g/mol. The summed E-state index contributed by atoms with van der Waals surface area (Å²) in [7, 11) is -3.67. The third-order valence-electron chi connectivity index (χ3n) is 4.75. The highest BCUT2D eigenvalue weighted by atomic mass is 79.9. The second-order valence-electron chi connectivity index (χ2n) is 7.18. The maximum Gasteiger partial charge on any atom is 0.260 e. The number of nitrogens with one attached hydrogen (secondary N) is 1. The summed E-state index contributed by atoms with van der Waals surface area (Å²) in [5.41, 5.74) is 6.57. The Morgan fingerprint density at radius 1 is 1.16 bits per heavy atom. The zero-order valence-electron chi connectivity index (χ0n) is 17.7. The van der Waals surface area contributed by atoms with Crippen LogP contribution in [0, 0.1) is 13.8 Å². The molecular formula is C22H22BrClN4O3S. The SMILES string of the molecule is Cc1cc(/C=N\NC(=O)CN(c2ccc(Cl)cc2)S(C)(=O)=O)c(C)n1-c1ccc(Br)cc1. The fourth-order valence-electron chi connectivity index (χ4n) is 3.25. The van der Waals surface area contributed by atoms with E-state index >= 15 is 0 Å². The molecule has 0 fully saturated rings. The molecular weight excluding hydrogens is 516 g/mol. The van der Waals surface area contributed by atoms with Gasteiger partial charge in [0.1, 0.15) is 6.54 Å². The standard InChI is InChI=1S/C22H22BrClN4O3S/c1-15-12-17(16(2)28(15)21-8-4-18(23)5-9-21)13-25-26-22(29)14-27(32(3,30)31)20-10-6-19(24)7-11-20/h4-13H,14H2,1-3H3,(H,26,29)/b25-13-. The van der Waals surface area contributed by atoms with Gasteiger partial charge in [-0.2, -0.15) is 5.10 Å². The minimum atomic E-state index is -3.67. The summed E-state index contributed by atoms with van der Waals surface area (Å²) in [5.74, 6) is -0.566. The van der Waals surface area contributed by atoms with Crippen LogP contribution in [0.2, 0.25) is 5.02 Å². The Hall–Kier alpha value is -2.62. The van der Waals surface area contributed by atoms with Crippen molar-refractivity contribution in [1.29, 1.82) is 0 Å². The van der Waals surface area contributed by atoms with Crippen molar-refractivity contribution in [2.75, 3.05) is 17.1 Å². The number of hydrazone groups is 1. The first kappa shape index (κ1) is 24.0. The van der Waals surface area contributed by atoms with E-state index in [9.17, 15) is 13.2 Å². The first-order chi connectivity index (χ1) is 15.1. The van der Waals surface area contributed by atoms with Crippen molar-refractivity contribution >= 4 is 55.4 Å². The largest absolute Gasteiger partial charge is 0.318 e. The number of hydrogen-bond acceptors (Lipinski definition) is 4. The number of amides is 1. The number of anilines is 1. The van der Waals surface area contributed by atoms with Crippen molar-refractivity contribution in [3.63, 3.8) is 0 Å². The Kier molecular flexibility index (Phi) is 7.43. The van der Waals surface area contributed by atoms with Crippen molar-refractivity contribution in [2.45, 2.75) is 13.8 Å². The Balaban J connectivity index is 1.73. The van der Waals surface area contributed by atoms with Crippen LogP contribution in [-0.2, 0) is 14.8 Å². The van der Waals surface area contributed by atoms with E-state index < -0.39 is 22.5 Å². The highest BCUT2D eigenvalue weighted by Gasteiger charge is 2.20. The molecule has 0 radical (unpaired) electrons. The van der Waals surface area contributed by atoms with Gasteiger partial charge in [0.25, 0.3) is 5.91 Å². The molecule has 168 valence electrons. The molecule has 10 heteroatoms. The Labute approximate surface area is 200 Å². The highest BCUT2D eigenvalue weighted by Crippen LogP contribution is 2.22. The van der Waals surface area contributed by atoms with E-state index in [-0.39, 0.29) is 0 Å². The fraction of sp³-hybridized carbons (Fsp3) is 0.182. The van der Waals surface area contributed by atoms with Crippen molar-refractivity contribution in [3.8, 4) is 5.69 Å². The predicted molar refractivity (Wildman–Crippen MR) is 132 cm³/mol. The number of rotatable bonds is 7. The van der Waals surface area contributed by atoms with E-state index in [1.165, 1.54) is 12.1 Å². The number of nitrogens with zero attached hydrogens (tertiary/aromatic N) is 3. The van der Waals surface area contributed by atoms with E-state index in [1.807, 2.05) is 44.2 Å². The molecule has 1 heterocycles. The van der Waals surface area contributed by atoms with Gasteiger partial charge in [-0.05, 0) is 68.4 Å². The number of aryl methyl sites for hydroxylation is 1. The number of carbonyl (C=O) groups is 1. The Morgan fingerprint density at radius 2 is 1.78 bits per heavy atom. The second kappa shape index (κ2) is 9.89. The van der Waals surface area contributed by atoms with Crippen molar-refractivity contribution in [3.05, 3.63) is 81.0 Å². The van der Waals surface area contributed by atoms with Crippen molar-refractivity contribution in [1.82, 2.24) is 9.99 Å². The average Bonchev–Trinajstić information content (AvgIpc) is 3.00. The van der Waals surface area contributed by atoms with E-state index in [0.29, 0.717) is 10.7 Å². The molecule has 0 saturated carbocycles. The van der Waals surface area contributed by atoms with Crippen LogP contribution in [0.4, 0.5) is 5.69 Å². The third kappa shape index (κ3) is 5.79. The molecule has 1 N–H and O–H groups in total. The third-order valence-corrected chi connectivity index (χ3v) is 6.67. The maximum absolute atomic E-state index is 12.4. The summed E-state index contributed by atoms with van der Waals surface area (Å²) in [6, 6.07) is 16.1. The van der Waals surface area contributed by atoms with Crippen LogP contribution in [-0.4, -0.2) is 37.9 Å². The zero-order chi connectivity index (χ0) is 23.5. The van der Waals surface area contributed by atoms with Gasteiger partial charge in [0.15, 0.2) is 0 Å². The smallest absolute Gasteiger partial charge is 0.260 e. The summed E-state index contributed by atoms with van der Waals surface area (Å²) in [4.78, 5) is 12.4. The zero-order valence-corrected chi connectivity index (χ0v) is 20.9. The van der Waals surface area contributed by atoms with Crippen LogP contribution < -0.4 is 9.73 Å². The van der Waals surface area contributed by atoms with E-state index in [0.717, 1.165) is 37.7 Å². The van der Waals surface area contributed by atoms with Crippen LogP contribution in [0.5, 0.6) is 0 Å². The lowest BCUT2D eigenvalue weighted by Crippen LogP contribution is -2.39. The highest BCUT2D eigenvalue weighted by molar-refractivity contribution is 9.10. The molecule has 0 aliphatic heterocycles. The molecule has 2 aromatic carbocycles. The molecule has 3 rings (SSSR count). The number of halogens is 2. The number of sulfonamides is 1. The average molecular weight is 538 g/mol. The Bertz CT molecular complexity index is 1250. The van der Waals surface area contributed by atoms with Crippen LogP contribution in [0.25, 0.3) is 5.69 Å². The molecule has 1 aromatic heterocycles. The van der Waals surface area contributed by atoms with Crippen molar-refractivity contribution < 1.29 is 13.2 Å². The minimum Gasteiger partial charge on any atom is -0.318 e. The predicted octanol–water partition coefficient (Wildman–Crippen LogP) is 4.43. The normalized spacial score (nSPS) is 11.7. The lowest BCUT2D eigenvalue weighted by atomic mass is 10.2. The molecule has 0 atom stereocenters. The summed E-state index contributed by atoms with van der Waals surface area (Å²) >= 11 is 9.30. The topological polar surface area (TPSA) is 83.8 Å². The molecule has 0 saturated heterocycles. The van der Waals surface area contributed by atoms with Crippen LogP contribution >= 0.6 is 27.5 Å². The summed E-state index contributed by atoms with van der Waals surface area (Å²) in [6.45, 7) is 3.54. The first-order valence-corrected chi connectivity index (χ1v) is 12.6. The van der Waals surface area contributed by atoms with Gasteiger partial charge < -0.3 is 4.57 Å². The van der Waals surface area contributed by atoms with Crippen molar-refractivity contribution in [2.24, 2.45) is 5.10 Å². The Morgan fingerprint density at radius 3 is 2.38 bits per heavy atom. The number of carbonyl (C=O) groups excluding carboxylic acids is 1. The van der Waals surface area contributed by atoms with Gasteiger partial charge in [0.05, 0.1) is 18.2 Å². The summed E-state index contributed by atoms with van der Waals surface area (Å²) in [6.07, 6.45) is 2.58. The molecule has 0 spiro atoms. The van der Waals surface area contributed by atoms with Gasteiger partial charge in [-0.3, -0.25) is 9.10 Å². The van der Waals surface area contributed by atoms with Crippen LogP contribution in [0.3, 0.4) is 0 Å². The lowest BCUT2D eigenvalue weighted by Gasteiger charge is -2.21. The first-order valence-electron chi connectivity index (χ1n) is 9.56. The van der Waals surface area contributed by atoms with Crippen LogP contribution in [0.15, 0.2) is 64.2 Å². The molecule has 0 aliphatic rings. The molecule has 7 nitrogen and oxygen atoms in total. The summed E-state index contributed by atoms with van der Waals surface area (Å²) < 4.78 is 28.4. The summed E-state index contributed by atoms with van der Waals surface area (Å²) in [5, 5.41) is 4.49. The van der Waals surface area contributed by atoms with E-state index in [4.69, 9.17) is 11.6 Å². The molecule has 3 aromatic rings. The number of aromatic nitrogens is 1. The lowest BCUT2D eigenvalue weighted by molar-refractivity contribution is -0.119. The van der Waals surface area contributed by atoms with Gasteiger partial charge in [-0.1, -0.05) is 27.5 Å². The van der Waals surface area contributed by atoms with E-state index in [1.54, 1.807) is 18.3 Å². The van der Waals surface area contributed by atoms with Crippen LogP contribution in [0.1, 0.15) is 17.0 Å². The molecule has 0 aliphatic carbocycles. The van der Waals surface area contributed by atoms with Gasteiger partial charge >= 0.3 is 0 Å². The van der Waals surface area contributed by atoms with E-state index in [2.05, 4.69) is 31.0 Å². The molecule has 1 amide bonds. The van der Waals surface area contributed by atoms with Gasteiger partial charge in [0.2, 0.25) is 10.0 Å². The minimum absolute atomic E-state index is 0.342.